The molecule has 12 heteroatoms. The molecule has 2 aromatic carbocycles. The van der Waals surface area contributed by atoms with Crippen LogP contribution in [-0.2, 0) is 10.2 Å². The maximum Gasteiger partial charge on any atom is 0.573 e. The van der Waals surface area contributed by atoms with Crippen LogP contribution >= 0.6 is 0 Å². The summed E-state index contributed by atoms with van der Waals surface area (Å²) in [6, 6.07) is 14.0. The lowest BCUT2D eigenvalue weighted by atomic mass is 9.87. The normalized spacial score (nSPS) is 12.6. The molecule has 0 bridgehead atoms. The number of amides is 1. The van der Waals surface area contributed by atoms with E-state index in [9.17, 15) is 31.1 Å². The van der Waals surface area contributed by atoms with Gasteiger partial charge in [0.05, 0.1) is 17.6 Å². The summed E-state index contributed by atoms with van der Waals surface area (Å²) in [5, 5.41) is 4.25. The summed E-state index contributed by atoms with van der Waals surface area (Å²) in [7, 11) is 0. The van der Waals surface area contributed by atoms with E-state index in [4.69, 9.17) is 0 Å². The lowest BCUT2D eigenvalue weighted by Crippen LogP contribution is -2.38. The number of hydrogen-bond acceptors (Lipinski definition) is 4. The molecule has 0 aliphatic rings. The van der Waals surface area contributed by atoms with Crippen LogP contribution in [-0.4, -0.2) is 33.0 Å². The van der Waals surface area contributed by atoms with Crippen LogP contribution in [0.3, 0.4) is 0 Å². The highest BCUT2D eigenvalue weighted by Gasteiger charge is 2.44. The number of nitrogens with zero attached hydrogens (tertiary/aromatic N) is 4. The van der Waals surface area contributed by atoms with Crippen LogP contribution in [0, 0.1) is 0 Å². The monoisotopic (exact) mass is 522 g/mol. The number of fused-ring (bicyclic) bond motifs is 1. The highest BCUT2D eigenvalue weighted by Crippen LogP contribution is 2.33. The minimum Gasteiger partial charge on any atom is -0.406 e. The molecule has 0 radical (unpaired) electrons. The van der Waals surface area contributed by atoms with Crippen molar-refractivity contribution < 1.29 is 35.9 Å². The van der Waals surface area contributed by atoms with Gasteiger partial charge < -0.3 is 4.74 Å². The van der Waals surface area contributed by atoms with Gasteiger partial charge in [-0.3, -0.25) is 9.69 Å². The second-order valence-corrected chi connectivity index (χ2v) is 9.13. The first-order valence-electron chi connectivity index (χ1n) is 10.9. The summed E-state index contributed by atoms with van der Waals surface area (Å²) >= 11 is 0. The summed E-state index contributed by atoms with van der Waals surface area (Å²) in [5.41, 5.74) is 1.13. The van der Waals surface area contributed by atoms with Gasteiger partial charge in [0, 0.05) is 5.56 Å². The number of rotatable bonds is 4. The summed E-state index contributed by atoms with van der Waals surface area (Å²) in [6.07, 6.45) is -8.93. The first-order chi connectivity index (χ1) is 17.1. The molecule has 0 unspecified atom stereocenters. The molecule has 194 valence electrons. The van der Waals surface area contributed by atoms with E-state index in [1.54, 1.807) is 12.1 Å². The number of carbonyl (C=O) groups is 1. The molecule has 0 saturated heterocycles. The van der Waals surface area contributed by atoms with E-state index in [1.807, 2.05) is 20.8 Å². The van der Waals surface area contributed by atoms with Crippen molar-refractivity contribution >= 4 is 23.1 Å². The number of carbonyl (C=O) groups excluding carboxylic acids is 1. The topological polar surface area (TPSA) is 59.7 Å². The molecule has 0 atom stereocenters. The van der Waals surface area contributed by atoms with E-state index >= 15 is 0 Å². The van der Waals surface area contributed by atoms with Gasteiger partial charge in [0.15, 0.2) is 11.5 Å². The van der Waals surface area contributed by atoms with Crippen molar-refractivity contribution in [3.63, 3.8) is 0 Å². The van der Waals surface area contributed by atoms with Crippen molar-refractivity contribution in [3.8, 4) is 17.0 Å². The molecular weight excluding hydrogens is 502 g/mol. The number of alkyl halides is 6. The van der Waals surface area contributed by atoms with Crippen LogP contribution in [0.2, 0.25) is 0 Å². The van der Waals surface area contributed by atoms with Crippen LogP contribution in [0.5, 0.6) is 5.75 Å². The summed E-state index contributed by atoms with van der Waals surface area (Å²) in [4.78, 5) is 17.0. The average Bonchev–Trinajstić information content (AvgIpc) is 3.20. The van der Waals surface area contributed by atoms with Gasteiger partial charge in [-0.05, 0) is 47.4 Å². The molecular formula is C25H20F6N4O2. The van der Waals surface area contributed by atoms with E-state index in [1.165, 1.54) is 36.4 Å². The van der Waals surface area contributed by atoms with Crippen LogP contribution in [0.15, 0.2) is 66.9 Å². The largest absolute Gasteiger partial charge is 0.573 e. The Labute approximate surface area is 207 Å². The zero-order valence-corrected chi connectivity index (χ0v) is 19.7. The fourth-order valence-corrected chi connectivity index (χ4v) is 3.57. The zero-order chi connectivity index (χ0) is 27.2. The number of ether oxygens (including phenoxy) is 1. The van der Waals surface area contributed by atoms with Gasteiger partial charge in [0.1, 0.15) is 5.75 Å². The van der Waals surface area contributed by atoms with Crippen molar-refractivity contribution in [2.45, 2.75) is 38.7 Å². The summed E-state index contributed by atoms with van der Waals surface area (Å²) in [6.45, 7) is 5.82. The number of aromatic nitrogens is 3. The number of halogens is 6. The second kappa shape index (κ2) is 9.09. The second-order valence-electron chi connectivity index (χ2n) is 9.13. The molecule has 0 aliphatic heterocycles. The SMILES string of the molecule is CC(C)(C)c1ccc(N(C(=O)C(F)(F)F)c2cn3nc(-c4cccc(OC(F)(F)F)c4)ccc3n2)cc1. The molecule has 2 heterocycles. The fraction of sp³-hybridized carbons (Fsp3) is 0.240. The van der Waals surface area contributed by atoms with Crippen LogP contribution < -0.4 is 9.64 Å². The molecule has 0 fully saturated rings. The smallest absolute Gasteiger partial charge is 0.406 e. The predicted molar refractivity (Wildman–Crippen MR) is 123 cm³/mol. The standard InChI is InChI=1S/C25H20F6N4O2/c1-23(2,3)16-7-9-17(10-8-16)35(22(36)24(26,27)28)21-14-34-20(32-21)12-11-19(33-34)15-5-4-6-18(13-15)37-25(29,30)31/h4-14H,1-3H3. The van der Waals surface area contributed by atoms with E-state index < -0.39 is 24.2 Å². The van der Waals surface area contributed by atoms with Crippen molar-refractivity contribution in [1.82, 2.24) is 14.6 Å². The third kappa shape index (κ3) is 5.84. The highest BCUT2D eigenvalue weighted by molar-refractivity contribution is 6.03. The fourth-order valence-electron chi connectivity index (χ4n) is 3.57. The molecule has 2 aromatic heterocycles. The molecule has 4 aromatic rings. The average molecular weight is 522 g/mol. The Hall–Kier alpha value is -4.09. The lowest BCUT2D eigenvalue weighted by molar-refractivity contribution is -0.274. The zero-order valence-electron chi connectivity index (χ0n) is 19.7. The van der Waals surface area contributed by atoms with Crippen molar-refractivity contribution in [1.29, 1.82) is 0 Å². The molecule has 0 N–H and O–H groups in total. The van der Waals surface area contributed by atoms with Gasteiger partial charge in [-0.1, -0.05) is 45.0 Å². The van der Waals surface area contributed by atoms with E-state index in [2.05, 4.69) is 14.8 Å². The molecule has 6 nitrogen and oxygen atoms in total. The number of anilines is 2. The minimum atomic E-state index is -5.18. The van der Waals surface area contributed by atoms with Gasteiger partial charge in [0.25, 0.3) is 0 Å². The maximum atomic E-state index is 13.5. The van der Waals surface area contributed by atoms with Gasteiger partial charge in [0.2, 0.25) is 0 Å². The third-order valence-electron chi connectivity index (χ3n) is 5.34. The van der Waals surface area contributed by atoms with Gasteiger partial charge in [-0.15, -0.1) is 13.2 Å². The number of hydrogen-bond donors (Lipinski definition) is 0. The van der Waals surface area contributed by atoms with Gasteiger partial charge in [-0.25, -0.2) is 9.50 Å². The van der Waals surface area contributed by atoms with E-state index in [0.717, 1.165) is 28.4 Å². The Balaban J connectivity index is 1.75. The Morgan fingerprint density at radius 1 is 0.919 bits per heavy atom. The molecule has 37 heavy (non-hydrogen) atoms. The summed E-state index contributed by atoms with van der Waals surface area (Å²) in [5.74, 6) is -2.93. The van der Waals surface area contributed by atoms with Crippen molar-refractivity contribution in [2.24, 2.45) is 0 Å². The number of benzene rings is 2. The Morgan fingerprint density at radius 2 is 1.59 bits per heavy atom. The third-order valence-corrected chi connectivity index (χ3v) is 5.34. The molecule has 0 saturated carbocycles. The molecule has 0 spiro atoms. The Morgan fingerprint density at radius 3 is 2.19 bits per heavy atom. The summed E-state index contributed by atoms with van der Waals surface area (Å²) < 4.78 is 83.3. The van der Waals surface area contributed by atoms with Crippen LogP contribution in [0.1, 0.15) is 26.3 Å². The molecule has 1 amide bonds. The number of imidazole rings is 1. The lowest BCUT2D eigenvalue weighted by Gasteiger charge is -2.24. The predicted octanol–water partition coefficient (Wildman–Crippen LogP) is 6.82. The van der Waals surface area contributed by atoms with E-state index in [0.29, 0.717) is 4.90 Å². The maximum absolute atomic E-state index is 13.5. The Kier molecular flexibility index (Phi) is 6.39. The minimum absolute atomic E-state index is 0.0454. The van der Waals surface area contributed by atoms with Gasteiger partial charge >= 0.3 is 18.4 Å². The Bertz CT molecular complexity index is 1440. The van der Waals surface area contributed by atoms with Crippen LogP contribution in [0.4, 0.5) is 37.8 Å². The first kappa shape index (κ1) is 26.0. The first-order valence-corrected chi connectivity index (χ1v) is 10.9. The van der Waals surface area contributed by atoms with Gasteiger partial charge in [-0.2, -0.15) is 18.3 Å². The van der Waals surface area contributed by atoms with Crippen LogP contribution in [0.25, 0.3) is 16.9 Å². The van der Waals surface area contributed by atoms with E-state index in [-0.39, 0.29) is 33.8 Å². The van der Waals surface area contributed by atoms with Crippen molar-refractivity contribution in [3.05, 3.63) is 72.4 Å². The molecule has 4 rings (SSSR count). The quantitative estimate of drug-likeness (QED) is 0.276. The highest BCUT2D eigenvalue weighted by atomic mass is 19.4. The van der Waals surface area contributed by atoms with Crippen molar-refractivity contribution in [2.75, 3.05) is 4.90 Å². The molecule has 0 aliphatic carbocycles.